The summed E-state index contributed by atoms with van der Waals surface area (Å²) in [5, 5.41) is 8.40. The van der Waals surface area contributed by atoms with Crippen molar-refractivity contribution in [2.24, 2.45) is 5.92 Å². The van der Waals surface area contributed by atoms with Crippen LogP contribution in [0.2, 0.25) is 0 Å². The van der Waals surface area contributed by atoms with Crippen LogP contribution < -0.4 is 0 Å². The topological polar surface area (TPSA) is 77.1 Å². The van der Waals surface area contributed by atoms with Gasteiger partial charge in [-0.2, -0.15) is 0 Å². The van der Waals surface area contributed by atoms with Crippen LogP contribution in [-0.2, 0) is 6.54 Å². The predicted octanol–water partition coefficient (Wildman–Crippen LogP) is 2.13. The van der Waals surface area contributed by atoms with Crippen molar-refractivity contribution < 1.29 is 9.21 Å². The molecular weight excluding hydrogens is 282 g/mol. The highest BCUT2D eigenvalue weighted by molar-refractivity contribution is 5.93. The van der Waals surface area contributed by atoms with Crippen LogP contribution in [0.3, 0.4) is 0 Å². The number of carbonyl (C=O) groups is 1. The fraction of sp³-hybridized carbons (Fsp3) is 0.600. The third-order valence-corrected chi connectivity index (χ3v) is 4.04. The molecule has 0 aliphatic carbocycles. The molecule has 0 aromatic carbocycles. The highest BCUT2D eigenvalue weighted by Crippen LogP contribution is 2.28. The number of hydrogen-bond donors (Lipinski definition) is 0. The van der Waals surface area contributed by atoms with Gasteiger partial charge in [0.25, 0.3) is 5.91 Å². The van der Waals surface area contributed by atoms with E-state index in [1.807, 2.05) is 6.92 Å². The zero-order valence-corrected chi connectivity index (χ0v) is 13.4. The SMILES string of the molecule is Cc1ocnc1C(=O)N1Cc2nnc(C)n2[C@@H](CC(C)C)C1. The van der Waals surface area contributed by atoms with E-state index in [0.29, 0.717) is 30.5 Å². The number of aryl methyl sites for hydroxylation is 2. The first-order valence-electron chi connectivity index (χ1n) is 7.57. The first kappa shape index (κ1) is 14.7. The molecule has 0 saturated carbocycles. The monoisotopic (exact) mass is 303 g/mol. The Labute approximate surface area is 129 Å². The molecule has 7 heteroatoms. The fourth-order valence-electron chi connectivity index (χ4n) is 3.11. The van der Waals surface area contributed by atoms with E-state index >= 15 is 0 Å². The van der Waals surface area contributed by atoms with Gasteiger partial charge in [-0.15, -0.1) is 10.2 Å². The Bertz CT molecular complexity index is 688. The van der Waals surface area contributed by atoms with Gasteiger partial charge in [0.05, 0.1) is 12.6 Å². The molecular formula is C15H21N5O2. The number of aromatic nitrogens is 4. The normalized spacial score (nSPS) is 17.9. The Kier molecular flexibility index (Phi) is 3.72. The minimum absolute atomic E-state index is 0.105. The summed E-state index contributed by atoms with van der Waals surface area (Å²) < 4.78 is 7.32. The Hall–Kier alpha value is -2.18. The molecule has 22 heavy (non-hydrogen) atoms. The molecule has 2 aromatic rings. The first-order chi connectivity index (χ1) is 10.5. The molecule has 0 radical (unpaired) electrons. The number of fused-ring (bicyclic) bond motifs is 1. The number of nitrogens with zero attached hydrogens (tertiary/aromatic N) is 5. The van der Waals surface area contributed by atoms with Crippen molar-refractivity contribution in [2.45, 2.75) is 46.7 Å². The lowest BCUT2D eigenvalue weighted by molar-refractivity contribution is 0.0653. The van der Waals surface area contributed by atoms with Gasteiger partial charge in [0, 0.05) is 6.54 Å². The molecule has 1 atom stereocenters. The lowest BCUT2D eigenvalue weighted by Gasteiger charge is -2.34. The van der Waals surface area contributed by atoms with Crippen molar-refractivity contribution in [1.82, 2.24) is 24.6 Å². The van der Waals surface area contributed by atoms with Crippen LogP contribution in [-0.4, -0.2) is 37.1 Å². The van der Waals surface area contributed by atoms with Crippen molar-refractivity contribution in [1.29, 1.82) is 0 Å². The van der Waals surface area contributed by atoms with Crippen molar-refractivity contribution in [3.05, 3.63) is 29.5 Å². The van der Waals surface area contributed by atoms with Crippen LogP contribution in [0.4, 0.5) is 0 Å². The number of oxazole rings is 1. The largest absolute Gasteiger partial charge is 0.448 e. The second kappa shape index (κ2) is 5.55. The van der Waals surface area contributed by atoms with E-state index in [1.54, 1.807) is 11.8 Å². The van der Waals surface area contributed by atoms with Gasteiger partial charge >= 0.3 is 0 Å². The molecule has 0 spiro atoms. The first-order valence-corrected chi connectivity index (χ1v) is 7.57. The summed E-state index contributed by atoms with van der Waals surface area (Å²) in [4.78, 5) is 18.5. The van der Waals surface area contributed by atoms with E-state index in [0.717, 1.165) is 18.1 Å². The maximum atomic E-state index is 12.7. The van der Waals surface area contributed by atoms with Crippen LogP contribution in [0.5, 0.6) is 0 Å². The number of rotatable bonds is 3. The van der Waals surface area contributed by atoms with E-state index in [9.17, 15) is 4.79 Å². The smallest absolute Gasteiger partial charge is 0.276 e. The van der Waals surface area contributed by atoms with Gasteiger partial charge in [-0.1, -0.05) is 13.8 Å². The Balaban J connectivity index is 1.90. The standard InChI is InChI=1S/C15H21N5O2/c1-9(2)5-12-6-19(7-13-18-17-11(4)20(12)13)15(21)14-10(3)22-8-16-14/h8-9,12H,5-7H2,1-4H3/t12-/m0/s1. The second-order valence-corrected chi connectivity index (χ2v) is 6.26. The van der Waals surface area contributed by atoms with Crippen LogP contribution in [0.25, 0.3) is 0 Å². The van der Waals surface area contributed by atoms with Gasteiger partial charge in [0.2, 0.25) is 0 Å². The molecule has 0 unspecified atom stereocenters. The predicted molar refractivity (Wildman–Crippen MR) is 79.2 cm³/mol. The van der Waals surface area contributed by atoms with Crippen molar-refractivity contribution in [2.75, 3.05) is 6.54 Å². The fourth-order valence-corrected chi connectivity index (χ4v) is 3.11. The van der Waals surface area contributed by atoms with Crippen molar-refractivity contribution in [3.63, 3.8) is 0 Å². The summed E-state index contributed by atoms with van der Waals surface area (Å²) in [6, 6.07) is 0.204. The summed E-state index contributed by atoms with van der Waals surface area (Å²) in [6.07, 6.45) is 2.29. The average Bonchev–Trinajstić information content (AvgIpc) is 3.04. The van der Waals surface area contributed by atoms with Gasteiger partial charge in [0.1, 0.15) is 11.6 Å². The van der Waals surface area contributed by atoms with E-state index in [1.165, 1.54) is 6.39 Å². The molecule has 1 aliphatic rings. The molecule has 0 N–H and O–H groups in total. The van der Waals surface area contributed by atoms with E-state index in [2.05, 4.69) is 33.6 Å². The second-order valence-electron chi connectivity index (χ2n) is 6.26. The van der Waals surface area contributed by atoms with Crippen LogP contribution in [0.1, 0.15) is 54.2 Å². The third kappa shape index (κ3) is 2.51. The zero-order chi connectivity index (χ0) is 15.9. The van der Waals surface area contributed by atoms with Gasteiger partial charge in [-0.05, 0) is 26.2 Å². The van der Waals surface area contributed by atoms with Gasteiger partial charge in [-0.3, -0.25) is 4.79 Å². The quantitative estimate of drug-likeness (QED) is 0.868. The molecule has 0 fully saturated rings. The molecule has 1 amide bonds. The Morgan fingerprint density at radius 3 is 2.82 bits per heavy atom. The van der Waals surface area contributed by atoms with E-state index in [-0.39, 0.29) is 11.9 Å². The third-order valence-electron chi connectivity index (χ3n) is 4.04. The Morgan fingerprint density at radius 2 is 2.18 bits per heavy atom. The highest BCUT2D eigenvalue weighted by atomic mass is 16.3. The molecule has 3 rings (SSSR count). The minimum Gasteiger partial charge on any atom is -0.448 e. The maximum absolute atomic E-state index is 12.7. The summed E-state index contributed by atoms with van der Waals surface area (Å²) >= 11 is 0. The Morgan fingerprint density at radius 1 is 1.41 bits per heavy atom. The maximum Gasteiger partial charge on any atom is 0.276 e. The van der Waals surface area contributed by atoms with Gasteiger partial charge in [-0.25, -0.2) is 4.98 Å². The van der Waals surface area contributed by atoms with Crippen LogP contribution in [0.15, 0.2) is 10.8 Å². The summed E-state index contributed by atoms with van der Waals surface area (Å²) in [5.74, 6) is 2.72. The number of hydrogen-bond acceptors (Lipinski definition) is 5. The number of amides is 1. The lowest BCUT2D eigenvalue weighted by Crippen LogP contribution is -2.42. The average molecular weight is 303 g/mol. The molecule has 118 valence electrons. The molecule has 3 heterocycles. The van der Waals surface area contributed by atoms with E-state index < -0.39 is 0 Å². The van der Waals surface area contributed by atoms with Crippen LogP contribution >= 0.6 is 0 Å². The molecule has 0 bridgehead atoms. The van der Waals surface area contributed by atoms with Gasteiger partial charge < -0.3 is 13.9 Å². The highest BCUT2D eigenvalue weighted by Gasteiger charge is 2.32. The summed E-state index contributed by atoms with van der Waals surface area (Å²) in [7, 11) is 0. The summed E-state index contributed by atoms with van der Waals surface area (Å²) in [6.45, 7) is 9.19. The summed E-state index contributed by atoms with van der Waals surface area (Å²) in [5.41, 5.74) is 0.382. The van der Waals surface area contributed by atoms with Crippen molar-refractivity contribution in [3.8, 4) is 0 Å². The van der Waals surface area contributed by atoms with Crippen molar-refractivity contribution >= 4 is 5.91 Å². The molecule has 0 saturated heterocycles. The molecule has 2 aromatic heterocycles. The zero-order valence-electron chi connectivity index (χ0n) is 13.4. The van der Waals surface area contributed by atoms with Gasteiger partial charge in [0.15, 0.2) is 17.9 Å². The lowest BCUT2D eigenvalue weighted by atomic mass is 10.0. The molecule has 1 aliphatic heterocycles. The minimum atomic E-state index is -0.105. The van der Waals surface area contributed by atoms with Crippen LogP contribution in [0, 0.1) is 19.8 Å². The van der Waals surface area contributed by atoms with E-state index in [4.69, 9.17) is 4.42 Å². The number of carbonyl (C=O) groups excluding carboxylic acids is 1. The molecule has 7 nitrogen and oxygen atoms in total.